The Morgan fingerprint density at radius 1 is 1.11 bits per heavy atom. The van der Waals surface area contributed by atoms with Crippen LogP contribution in [0.15, 0.2) is 0 Å². The Morgan fingerprint density at radius 3 is 1.22 bits per heavy atom. The van der Waals surface area contributed by atoms with E-state index in [2.05, 4.69) is 0 Å². The lowest BCUT2D eigenvalue weighted by Gasteiger charge is -1.96. The lowest BCUT2D eigenvalue weighted by atomic mass is 10.2. The second-order valence-corrected chi connectivity index (χ2v) is 2.77. The van der Waals surface area contributed by atoms with E-state index in [4.69, 9.17) is 0 Å². The van der Waals surface area contributed by atoms with Crippen molar-refractivity contribution >= 4 is 0 Å². The van der Waals surface area contributed by atoms with Gasteiger partial charge in [-0.15, -0.1) is 0 Å². The molecule has 0 aromatic heterocycles. The molecule has 9 heavy (non-hydrogen) atoms. The Morgan fingerprint density at radius 2 is 1.22 bits per heavy atom. The highest BCUT2D eigenvalue weighted by molar-refractivity contribution is 5.03. The molecule has 0 aromatic carbocycles. The molecule has 0 heterocycles. The van der Waals surface area contributed by atoms with Crippen molar-refractivity contribution in [3.8, 4) is 0 Å². The van der Waals surface area contributed by atoms with Crippen LogP contribution in [-0.4, -0.2) is 5.92 Å². The lowest BCUT2D eigenvalue weighted by molar-refractivity contribution is 0.0761. The highest BCUT2D eigenvalue weighted by Crippen LogP contribution is 2.59. The molecule has 1 fully saturated rings. The fraction of sp³-hybridized carbons (Fsp3) is 1.00. The number of alkyl halides is 2. The standard InChI is InChI=1S/C5H8F2.C2H6/c1-4(2)3-5(4,6)7;1-2/h3H2,1-2H3;1-2H3. The Labute approximate surface area is 55.3 Å². The first-order valence-electron chi connectivity index (χ1n) is 3.34. The smallest absolute Gasteiger partial charge is 0.206 e. The van der Waals surface area contributed by atoms with Gasteiger partial charge >= 0.3 is 0 Å². The van der Waals surface area contributed by atoms with Gasteiger partial charge in [-0.05, 0) is 0 Å². The highest BCUT2D eigenvalue weighted by atomic mass is 19.3. The fourth-order valence-electron chi connectivity index (χ4n) is 0.511. The predicted octanol–water partition coefficient (Wildman–Crippen LogP) is 3.08. The van der Waals surface area contributed by atoms with E-state index in [1.165, 1.54) is 0 Å². The van der Waals surface area contributed by atoms with Crippen LogP contribution in [0, 0.1) is 5.41 Å². The van der Waals surface area contributed by atoms with Crippen molar-refractivity contribution in [3.05, 3.63) is 0 Å². The zero-order valence-corrected chi connectivity index (χ0v) is 6.46. The van der Waals surface area contributed by atoms with E-state index in [1.54, 1.807) is 13.8 Å². The van der Waals surface area contributed by atoms with Gasteiger partial charge in [0.2, 0.25) is 0 Å². The average molecular weight is 136 g/mol. The first-order chi connectivity index (χ1) is 3.96. The first kappa shape index (κ1) is 8.86. The summed E-state index contributed by atoms with van der Waals surface area (Å²) in [5, 5.41) is 0. The van der Waals surface area contributed by atoms with E-state index >= 15 is 0 Å². The van der Waals surface area contributed by atoms with Gasteiger partial charge in [0.05, 0.1) is 0 Å². The zero-order valence-electron chi connectivity index (χ0n) is 6.46. The van der Waals surface area contributed by atoms with Gasteiger partial charge < -0.3 is 0 Å². The minimum Gasteiger partial charge on any atom is -0.206 e. The molecule has 1 aliphatic rings. The largest absolute Gasteiger partial charge is 0.254 e. The molecule has 0 atom stereocenters. The van der Waals surface area contributed by atoms with Crippen LogP contribution in [0.2, 0.25) is 0 Å². The molecular formula is C7H14F2. The summed E-state index contributed by atoms with van der Waals surface area (Å²) in [5.41, 5.74) is -0.688. The normalized spacial score (nSPS) is 26.0. The minimum atomic E-state index is -2.35. The van der Waals surface area contributed by atoms with Gasteiger partial charge in [0.15, 0.2) is 0 Å². The van der Waals surface area contributed by atoms with Crippen molar-refractivity contribution < 1.29 is 8.78 Å². The van der Waals surface area contributed by atoms with E-state index in [0.717, 1.165) is 0 Å². The summed E-state index contributed by atoms with van der Waals surface area (Å²) in [6, 6.07) is 0. The molecule has 1 saturated carbocycles. The summed E-state index contributed by atoms with van der Waals surface area (Å²) in [7, 11) is 0. The van der Waals surface area contributed by atoms with Crippen LogP contribution in [0.25, 0.3) is 0 Å². The summed E-state index contributed by atoms with van der Waals surface area (Å²) >= 11 is 0. The third-order valence-electron chi connectivity index (χ3n) is 1.53. The Kier molecular flexibility index (Phi) is 2.20. The van der Waals surface area contributed by atoms with Gasteiger partial charge in [0, 0.05) is 11.8 Å². The van der Waals surface area contributed by atoms with Gasteiger partial charge in [0.25, 0.3) is 5.92 Å². The Hall–Kier alpha value is -0.140. The molecule has 1 rings (SSSR count). The topological polar surface area (TPSA) is 0 Å². The first-order valence-corrected chi connectivity index (χ1v) is 3.34. The Bertz CT molecular complexity index is 83.1. The Balaban J connectivity index is 0.000000291. The van der Waals surface area contributed by atoms with Crippen molar-refractivity contribution in [2.75, 3.05) is 0 Å². The number of hydrogen-bond donors (Lipinski definition) is 0. The third-order valence-corrected chi connectivity index (χ3v) is 1.53. The van der Waals surface area contributed by atoms with Gasteiger partial charge in [-0.2, -0.15) is 0 Å². The molecule has 0 spiro atoms. The van der Waals surface area contributed by atoms with Gasteiger partial charge in [0.1, 0.15) is 0 Å². The van der Waals surface area contributed by atoms with E-state index in [1.807, 2.05) is 13.8 Å². The van der Waals surface area contributed by atoms with Crippen LogP contribution in [-0.2, 0) is 0 Å². The van der Waals surface area contributed by atoms with Crippen molar-refractivity contribution in [1.82, 2.24) is 0 Å². The quantitative estimate of drug-likeness (QED) is 0.480. The van der Waals surface area contributed by atoms with Crippen molar-refractivity contribution in [3.63, 3.8) is 0 Å². The third kappa shape index (κ3) is 1.63. The predicted molar refractivity (Wildman–Crippen MR) is 34.7 cm³/mol. The second-order valence-electron chi connectivity index (χ2n) is 2.77. The molecule has 0 radical (unpaired) electrons. The van der Waals surface area contributed by atoms with Crippen LogP contribution in [0.1, 0.15) is 34.1 Å². The number of hydrogen-bond acceptors (Lipinski definition) is 0. The summed E-state index contributed by atoms with van der Waals surface area (Å²) in [5.74, 6) is -2.35. The van der Waals surface area contributed by atoms with Gasteiger partial charge in [-0.25, -0.2) is 8.78 Å². The lowest BCUT2D eigenvalue weighted by Crippen LogP contribution is -1.99. The van der Waals surface area contributed by atoms with Crippen molar-refractivity contribution in [1.29, 1.82) is 0 Å². The second kappa shape index (κ2) is 2.24. The molecule has 2 heteroatoms. The van der Waals surface area contributed by atoms with Crippen LogP contribution in [0.5, 0.6) is 0 Å². The molecule has 0 amide bonds. The minimum absolute atomic E-state index is 0.0694. The molecule has 0 N–H and O–H groups in total. The molecule has 0 unspecified atom stereocenters. The van der Waals surface area contributed by atoms with E-state index in [0.29, 0.717) is 0 Å². The summed E-state index contributed by atoms with van der Waals surface area (Å²) in [6.45, 7) is 7.15. The molecule has 0 nitrogen and oxygen atoms in total. The van der Waals surface area contributed by atoms with Crippen LogP contribution < -0.4 is 0 Å². The summed E-state index contributed by atoms with van der Waals surface area (Å²) < 4.78 is 23.8. The molecular weight excluding hydrogens is 122 g/mol. The van der Waals surface area contributed by atoms with E-state index < -0.39 is 11.3 Å². The molecule has 0 aromatic rings. The number of rotatable bonds is 0. The highest BCUT2D eigenvalue weighted by Gasteiger charge is 2.64. The maximum atomic E-state index is 11.9. The van der Waals surface area contributed by atoms with Crippen molar-refractivity contribution in [2.24, 2.45) is 5.41 Å². The average Bonchev–Trinajstić information content (AvgIpc) is 2.10. The zero-order chi connectivity index (χ0) is 7.71. The van der Waals surface area contributed by atoms with Crippen LogP contribution in [0.3, 0.4) is 0 Å². The summed E-state index contributed by atoms with van der Waals surface area (Å²) in [4.78, 5) is 0. The molecule has 1 aliphatic carbocycles. The van der Waals surface area contributed by atoms with Crippen LogP contribution in [0.4, 0.5) is 8.78 Å². The van der Waals surface area contributed by atoms with E-state index in [-0.39, 0.29) is 6.42 Å². The molecule has 0 saturated heterocycles. The number of halogens is 2. The monoisotopic (exact) mass is 136 g/mol. The molecule has 56 valence electrons. The fourth-order valence-corrected chi connectivity index (χ4v) is 0.511. The molecule has 0 aliphatic heterocycles. The molecule has 0 bridgehead atoms. The van der Waals surface area contributed by atoms with Crippen molar-refractivity contribution in [2.45, 2.75) is 40.0 Å². The van der Waals surface area contributed by atoms with Gasteiger partial charge in [-0.1, -0.05) is 27.7 Å². The van der Waals surface area contributed by atoms with Gasteiger partial charge in [-0.3, -0.25) is 0 Å². The summed E-state index contributed by atoms with van der Waals surface area (Å²) in [6.07, 6.45) is 0.0694. The van der Waals surface area contributed by atoms with E-state index in [9.17, 15) is 8.78 Å². The maximum Gasteiger partial charge on any atom is 0.254 e. The SMILES string of the molecule is CC.CC1(C)CC1(F)F. The maximum absolute atomic E-state index is 11.9. The van der Waals surface area contributed by atoms with Crippen LogP contribution >= 0.6 is 0 Å².